The summed E-state index contributed by atoms with van der Waals surface area (Å²) in [5.74, 6) is 0.852. The summed E-state index contributed by atoms with van der Waals surface area (Å²) in [7, 11) is -3.85. The Morgan fingerprint density at radius 1 is 0.475 bits per heavy atom. The van der Waals surface area contributed by atoms with Gasteiger partial charge in [-0.15, -0.1) is 0 Å². The van der Waals surface area contributed by atoms with E-state index >= 15 is 0 Å². The second kappa shape index (κ2) is 90.7. The number of carbonyl (C=O) groups excluding carboxylic acids is 2. The molecule has 0 radical (unpaired) electrons. The Morgan fingerprint density at radius 2 is 0.767 bits per heavy atom. The minimum atomic E-state index is -3.40. The third-order valence-electron chi connectivity index (χ3n) is 16.6. The van der Waals surface area contributed by atoms with Crippen molar-refractivity contribution in [1.82, 2.24) is 0 Å². The Bertz CT molecular complexity index is 3360. The number of rotatable bonds is 41. The molecule has 0 atom stereocenters. The Balaban J connectivity index is -0.000000149. The van der Waals surface area contributed by atoms with Crippen molar-refractivity contribution in [2.24, 2.45) is 0 Å². The molecule has 6 rings (SSSR count). The predicted molar refractivity (Wildman–Crippen MR) is 545 cm³/mol. The molecule has 0 aliphatic rings. The number of unbranched alkanes of at least 4 members (excludes halogenated alkanes) is 6. The number of alkyl halides is 1. The Labute approximate surface area is 836 Å². The minimum Gasteiger partial charge on any atom is -1.00 e. The van der Waals surface area contributed by atoms with E-state index in [4.69, 9.17) is 34.7 Å². The van der Waals surface area contributed by atoms with Crippen molar-refractivity contribution in [2.45, 2.75) is 240 Å². The summed E-state index contributed by atoms with van der Waals surface area (Å²) in [6.45, 7) is 32.6. The summed E-state index contributed by atoms with van der Waals surface area (Å²) < 4.78 is 52.0. The van der Waals surface area contributed by atoms with Gasteiger partial charge in [-0.1, -0.05) is 209 Å². The van der Waals surface area contributed by atoms with Crippen LogP contribution in [-0.4, -0.2) is 91.0 Å². The standard InChI is InChI=1S/C26H30BrP.C18H15P.C11H23O4P.C10H18O2.C8H15Br.C8H16O.C7H14O.C4H10ClO3P.2CH3.Br3P.ClH.Cu.Mg.Na.H/c1-3-4-14-23(2)21-22-28(27,24-15-8-5-9-16-24,25-17-10-6-11-18-25)26-19-12-7-13-20-26;1-4-10-16(11-5-1)19(17-12-6-2-7-13-17)18-14-8-3-9-15-18;1-5-9-10-11(6-2)15-16(12,13-7-3)14-8-4;1-4-6-7-9(3)8-10(11)12-5-2;2*1-3-4-5-8(2)6-7-9;1-3-5-6-7(8)4-2;1-3-7-9(5,6)8-4-2;;;1-4(2)3;;;;;/h5-13,15-21H,3-4,14,22H2,1-2H3;1-15H;6H,5,7-10H2,1-4H3;8H,4-7H2,1-3H3;6H,3-5,7H2,1-2H3;6,9H,3-5,7H2,1-2H3;3-6H2,1-2H3;3-4H2,1-2H3;2*1H3;;1H;;;;/q;;;;;;;;2*-1;;;+1;+2;+1;-1/p-1/b23-21+;;11-6-;9-8+;2*8-6+;;;;;;;;;;. The molecule has 0 unspecified atom stereocenters. The number of allylic oxidation sites excluding steroid dienone is 8. The number of esters is 1. The van der Waals surface area contributed by atoms with Crippen molar-refractivity contribution < 1.29 is 112 Å². The number of ether oxygens (including phenoxy) is 1. The first kappa shape index (κ1) is 138. The molecule has 0 saturated carbocycles. The quantitative estimate of drug-likeness (QED) is 0.00572. The summed E-state index contributed by atoms with van der Waals surface area (Å²) in [5, 5.41) is 15.0. The predicted octanol–water partition coefficient (Wildman–Crippen LogP) is 25.6. The van der Waals surface area contributed by atoms with Gasteiger partial charge in [-0.05, 0) is 190 Å². The van der Waals surface area contributed by atoms with Crippen LogP contribution in [0.3, 0.4) is 0 Å². The number of halogens is 7. The zero-order valence-electron chi connectivity index (χ0n) is 77.2. The largest absolute Gasteiger partial charge is 2.00 e. The molecule has 1 N–H and O–H groups in total. The molecule has 0 amide bonds. The molecule has 6 aromatic rings. The molecule has 0 fully saturated rings. The molecule has 678 valence electrons. The smallest absolute Gasteiger partial charge is 1.00 e. The van der Waals surface area contributed by atoms with E-state index in [1.807, 2.05) is 33.8 Å². The molecule has 11 nitrogen and oxygen atoms in total. The monoisotopic (exact) mass is 2180 g/mol. The minimum absolute atomic E-state index is 0. The second-order valence-electron chi connectivity index (χ2n) is 26.0. The van der Waals surface area contributed by atoms with Gasteiger partial charge in [0.25, 0.3) is 0 Å². The first-order valence-corrected chi connectivity index (χ1v) is 58.8. The van der Waals surface area contributed by atoms with Crippen LogP contribution in [0, 0.1) is 14.9 Å². The van der Waals surface area contributed by atoms with Crippen LogP contribution in [0.15, 0.2) is 240 Å². The van der Waals surface area contributed by atoms with Crippen molar-refractivity contribution in [3.8, 4) is 0 Å². The number of Topliss-reactive ketones (excluding diaryl/α,β-unsaturated/α-hetero) is 1. The van der Waals surface area contributed by atoms with E-state index in [1.54, 1.807) is 39.8 Å². The molecule has 0 aliphatic heterocycles. The van der Waals surface area contributed by atoms with Crippen molar-refractivity contribution >= 4 is 188 Å². The van der Waals surface area contributed by atoms with Crippen LogP contribution in [0.5, 0.6) is 0 Å². The van der Waals surface area contributed by atoms with E-state index in [0.29, 0.717) is 51.0 Å². The van der Waals surface area contributed by atoms with E-state index in [9.17, 15) is 18.7 Å². The summed E-state index contributed by atoms with van der Waals surface area (Å²) in [5.41, 5.74) is 5.40. The molecule has 6 aromatic carbocycles. The van der Waals surface area contributed by atoms with Crippen LogP contribution in [0.2, 0.25) is 0 Å². The van der Waals surface area contributed by atoms with Crippen LogP contribution in [0.4, 0.5) is 0 Å². The third-order valence-corrected chi connectivity index (χ3v) is 32.2. The number of aliphatic hydroxyl groups is 1. The number of phosphoric ester groups is 1. The van der Waals surface area contributed by atoms with Gasteiger partial charge >= 0.3 is 269 Å². The van der Waals surface area contributed by atoms with Gasteiger partial charge in [0.2, 0.25) is 0 Å². The van der Waals surface area contributed by atoms with E-state index in [1.165, 1.54) is 99.9 Å². The number of phosphoric acid groups is 1. The second-order valence-corrected chi connectivity index (χ2v) is 57.4. The van der Waals surface area contributed by atoms with Crippen LogP contribution >= 0.6 is 121 Å². The number of benzene rings is 6. The van der Waals surface area contributed by atoms with Gasteiger partial charge in [-0.2, -0.15) is 0 Å². The fraction of sp³-hybridized carbons (Fsp3) is 0.468. The molecule has 0 aliphatic carbocycles. The Hall–Kier alpha value is -0.224. The van der Waals surface area contributed by atoms with Crippen molar-refractivity contribution in [3.63, 3.8) is 0 Å². The Morgan fingerprint density at radius 3 is 1.05 bits per heavy atom. The van der Waals surface area contributed by atoms with Crippen LogP contribution in [0.25, 0.3) is 0 Å². The van der Waals surface area contributed by atoms with Crippen LogP contribution in [0.1, 0.15) is 241 Å². The zero-order valence-corrected chi connectivity index (χ0v) is 94.5. The number of ketones is 1. The normalized spacial score (nSPS) is 11.3. The molecular formula is C94H148Br5Cl2CuMgNaO11P5. The maximum atomic E-state index is 12.0. The van der Waals surface area contributed by atoms with Gasteiger partial charge in [-0.25, -0.2) is 13.9 Å². The van der Waals surface area contributed by atoms with Crippen LogP contribution < -0.4 is 73.8 Å². The number of hydrogen-bond donors (Lipinski definition) is 1. The molecule has 0 heterocycles. The molecule has 0 aromatic heterocycles. The average molecular weight is 2190 g/mol. The first-order valence-electron chi connectivity index (χ1n) is 40.6. The summed E-state index contributed by atoms with van der Waals surface area (Å²) in [6, 6.07) is 65.4. The first-order chi connectivity index (χ1) is 54.6. The number of carbonyl (C=O) groups is 2. The van der Waals surface area contributed by atoms with E-state index in [-0.39, 0.29) is 115 Å². The van der Waals surface area contributed by atoms with E-state index in [0.717, 1.165) is 81.3 Å². The van der Waals surface area contributed by atoms with Crippen molar-refractivity contribution in [2.75, 3.05) is 51.1 Å². The molecule has 26 heteroatoms. The van der Waals surface area contributed by atoms with Crippen molar-refractivity contribution in [1.29, 1.82) is 0 Å². The van der Waals surface area contributed by atoms with Gasteiger partial charge in [0.1, 0.15) is 15.6 Å². The summed E-state index contributed by atoms with van der Waals surface area (Å²) >= 11 is 22.6. The average Bonchev–Trinajstić information content (AvgIpc) is 0.708. The summed E-state index contributed by atoms with van der Waals surface area (Å²) in [6.07, 6.45) is 31.9. The van der Waals surface area contributed by atoms with Crippen molar-refractivity contribution in [3.05, 3.63) is 255 Å². The topological polar surface area (TPSA) is 144 Å². The maximum Gasteiger partial charge on any atom is 2.00 e. The SMILES string of the molecule is BrP(Br)Br.C/C=C(/CCCC)OP(=O)(OCC)OCC.CCCC/C(C)=C/C(=O)OCC.CCCC/C(C)=C/CBr.CCCC/C(C)=C/CO.CCCC/C(C)=C/CP(Br)(c1ccccc1)(c1ccccc1)c1ccccc1.CCCCC(=O)CC.CCOP(=O)(Cl)OCC.[CH3-].[CH3-].[Cl-].[Cu+].[H-].[Mg+2].[Na+].c1ccc(P(c2ccccc2)c2ccccc2)cc1. The molecular weight excluding hydrogens is 2040 g/mol. The van der Waals surface area contributed by atoms with Gasteiger partial charge in [0.05, 0.1) is 39.6 Å². The van der Waals surface area contributed by atoms with Gasteiger partial charge in [0, 0.05) is 41.9 Å². The van der Waals surface area contributed by atoms with Gasteiger partial charge in [0.15, 0.2) is 0 Å². The number of hydrogen-bond acceptors (Lipinski definition) is 11. The third kappa shape index (κ3) is 68.8. The Kier molecular flexibility index (Phi) is 104. The summed E-state index contributed by atoms with van der Waals surface area (Å²) in [4.78, 5) is 21.5. The van der Waals surface area contributed by atoms with E-state index < -0.39 is 28.0 Å². The van der Waals surface area contributed by atoms with Crippen LogP contribution in [-0.2, 0) is 63.1 Å². The van der Waals surface area contributed by atoms with E-state index in [2.05, 4.69) is 343 Å². The molecule has 120 heavy (non-hydrogen) atoms. The molecule has 0 spiro atoms. The molecule has 0 bridgehead atoms. The molecule has 0 saturated heterocycles. The van der Waals surface area contributed by atoms with Gasteiger partial charge in [-0.3, -0.25) is 22.9 Å². The fourth-order valence-electron chi connectivity index (χ4n) is 10.4. The van der Waals surface area contributed by atoms with Gasteiger partial charge < -0.3 is 43.1 Å². The number of aliphatic hydroxyl groups excluding tert-OH is 1. The maximum absolute atomic E-state index is 12.0. The fourth-order valence-corrected chi connectivity index (χ4v) is 23.0. The zero-order chi connectivity index (χ0) is 86.2.